The molecule has 412 valence electrons. The summed E-state index contributed by atoms with van der Waals surface area (Å²) in [5, 5.41) is 37.9. The van der Waals surface area contributed by atoms with Crippen LogP contribution in [0.1, 0.15) is 192 Å². The van der Waals surface area contributed by atoms with Gasteiger partial charge in [-0.05, 0) is 74.5 Å². The van der Waals surface area contributed by atoms with E-state index in [0.717, 1.165) is 38.5 Å². The van der Waals surface area contributed by atoms with Crippen LogP contribution in [-0.2, 0) is 52.7 Å². The molecule has 1 aliphatic heterocycles. The Kier molecular flexibility index (Phi) is 30.7. The van der Waals surface area contributed by atoms with Crippen molar-refractivity contribution in [2.45, 2.75) is 240 Å². The summed E-state index contributed by atoms with van der Waals surface area (Å²) in [6, 6.07) is -9.63. The predicted molar refractivity (Wildman–Crippen MR) is 272 cm³/mol. The van der Waals surface area contributed by atoms with Crippen molar-refractivity contribution in [2.75, 3.05) is 0 Å². The van der Waals surface area contributed by atoms with Crippen molar-refractivity contribution in [2.24, 2.45) is 29.6 Å². The van der Waals surface area contributed by atoms with E-state index in [2.05, 4.69) is 44.1 Å². The van der Waals surface area contributed by atoms with E-state index in [4.69, 9.17) is 4.74 Å². The minimum atomic E-state index is -1.72. The summed E-state index contributed by atoms with van der Waals surface area (Å²) in [6.45, 7) is 19.8. The maximum Gasteiger partial charge on any atom is 0.328 e. The third-order valence-electron chi connectivity index (χ3n) is 12.2. The highest BCUT2D eigenvalue weighted by atomic mass is 16.5. The first-order chi connectivity index (χ1) is 33.7. The van der Waals surface area contributed by atoms with E-state index < -0.39 is 133 Å². The van der Waals surface area contributed by atoms with E-state index in [9.17, 15) is 58.2 Å². The molecule has 7 amide bonds. The molecule has 0 aromatic carbocycles. The molecule has 1 fully saturated rings. The Morgan fingerprint density at radius 2 is 0.861 bits per heavy atom. The van der Waals surface area contributed by atoms with Gasteiger partial charge < -0.3 is 52.2 Å². The molecule has 1 unspecified atom stereocenters. The molecule has 0 bridgehead atoms. The fourth-order valence-electron chi connectivity index (χ4n) is 8.45. The van der Waals surface area contributed by atoms with Crippen LogP contribution < -0.4 is 37.2 Å². The number of nitrogens with one attached hydrogen (secondary N) is 7. The normalized spacial score (nSPS) is 24.1. The predicted octanol–water partition coefficient (Wildman–Crippen LogP) is 4.80. The van der Waals surface area contributed by atoms with Crippen LogP contribution >= 0.6 is 0 Å². The molecule has 72 heavy (non-hydrogen) atoms. The fraction of sp³-hybridized carbons (Fsp3) is 0.808. The molecular weight excluding hydrogens is 931 g/mol. The molecule has 9 N–H and O–H groups in total. The van der Waals surface area contributed by atoms with Gasteiger partial charge in [-0.1, -0.05) is 128 Å². The maximum atomic E-state index is 14.2. The summed E-state index contributed by atoms with van der Waals surface area (Å²) in [6.07, 6.45) is 6.23. The zero-order chi connectivity index (χ0) is 54.7. The lowest BCUT2D eigenvalue weighted by Gasteiger charge is -2.29. The number of carbonyl (C=O) groups excluding carboxylic acids is 8. The third kappa shape index (κ3) is 26.9. The second-order valence-electron chi connectivity index (χ2n) is 21.6. The second kappa shape index (κ2) is 34.2. The minimum absolute atomic E-state index is 0.0401. The van der Waals surface area contributed by atoms with Gasteiger partial charge in [0.2, 0.25) is 41.4 Å². The van der Waals surface area contributed by atoms with Crippen molar-refractivity contribution in [1.82, 2.24) is 37.2 Å². The number of rotatable bonds is 24. The number of hydrogen-bond acceptors (Lipinski definition) is 11. The van der Waals surface area contributed by atoms with E-state index >= 15 is 0 Å². The number of ether oxygens (including phenoxy) is 1. The zero-order valence-electron chi connectivity index (χ0n) is 45.1. The smallest absolute Gasteiger partial charge is 0.328 e. The number of amides is 7. The Hall–Kier alpha value is -5.30. The van der Waals surface area contributed by atoms with Gasteiger partial charge in [-0.25, -0.2) is 4.79 Å². The van der Waals surface area contributed by atoms with E-state index in [1.165, 1.54) is 12.8 Å². The summed E-state index contributed by atoms with van der Waals surface area (Å²) in [4.78, 5) is 136. The van der Waals surface area contributed by atoms with Crippen molar-refractivity contribution in [1.29, 1.82) is 0 Å². The van der Waals surface area contributed by atoms with Gasteiger partial charge in [-0.15, -0.1) is 0 Å². The number of cyclic esters (lactones) is 1. The number of aliphatic carboxylic acids is 2. The average molecular weight is 1020 g/mol. The van der Waals surface area contributed by atoms with Crippen molar-refractivity contribution in [3.8, 4) is 0 Å². The number of carboxylic acid groups (broad SMARTS) is 2. The number of carbonyl (C=O) groups is 10. The molecule has 1 rings (SSSR count). The molecule has 1 aliphatic rings. The van der Waals surface area contributed by atoms with Crippen LogP contribution in [0.2, 0.25) is 0 Å². The molecule has 1 heterocycles. The summed E-state index contributed by atoms with van der Waals surface area (Å²) in [5.41, 5.74) is 0. The standard InChI is InChI=1S/C52H91N7O13/c1-12-13-14-15-16-17-18-19-20-21-35-28-42(60)53-36(22-23-43(61)62)46(65)54-37(24-30(2)3)47(66)56-39(26-32(6)7)50(69)59-45(34(10)11)51(70)57-40(29-44(63)64)49(68)55-38(25-31(4)5)48(67)58-41(27-33(8)9)52(71)72-35/h30-41,45H,12-29H2,1-11H3,(H,53,60)(H,54,65)(H,55,68)(H,56,66)(H,57,70)(H,58,67)(H,59,69)(H,61,62)(H,63,64)/t35?,36-,37-,38-,39-,40-,41-,45-/m0/s1. The van der Waals surface area contributed by atoms with E-state index in [1.54, 1.807) is 55.4 Å². The first-order valence-electron chi connectivity index (χ1n) is 26.5. The molecule has 0 aromatic rings. The van der Waals surface area contributed by atoms with Crippen LogP contribution in [0.5, 0.6) is 0 Å². The van der Waals surface area contributed by atoms with Gasteiger partial charge in [0.1, 0.15) is 48.4 Å². The molecule has 0 aliphatic carbocycles. The summed E-state index contributed by atoms with van der Waals surface area (Å²) >= 11 is 0. The summed E-state index contributed by atoms with van der Waals surface area (Å²) in [7, 11) is 0. The van der Waals surface area contributed by atoms with Gasteiger partial charge in [0.05, 0.1) is 12.8 Å². The summed E-state index contributed by atoms with van der Waals surface area (Å²) < 4.78 is 6.03. The molecule has 20 heteroatoms. The molecule has 20 nitrogen and oxygen atoms in total. The van der Waals surface area contributed by atoms with E-state index in [-0.39, 0.29) is 62.2 Å². The molecule has 8 atom stereocenters. The number of hydrogen-bond donors (Lipinski definition) is 9. The maximum absolute atomic E-state index is 14.2. The Labute approximate surface area is 428 Å². The third-order valence-corrected chi connectivity index (χ3v) is 12.2. The number of esters is 1. The fourth-order valence-corrected chi connectivity index (χ4v) is 8.45. The van der Waals surface area contributed by atoms with Gasteiger partial charge in [-0.2, -0.15) is 0 Å². The van der Waals surface area contributed by atoms with Crippen molar-refractivity contribution >= 4 is 59.3 Å². The number of carboxylic acids is 2. The van der Waals surface area contributed by atoms with E-state index in [1.807, 2.05) is 13.8 Å². The van der Waals surface area contributed by atoms with Crippen LogP contribution in [0.25, 0.3) is 0 Å². The van der Waals surface area contributed by atoms with Crippen LogP contribution in [0, 0.1) is 29.6 Å². The SMILES string of the molecule is CCCCCCCCCCCC1CC(=O)N[C@@H](CCC(=O)O)C(=O)N[C@@H](CC(C)C)C(=O)N[C@@H](CC(C)C)C(=O)N[C@@H](C(C)C)C(=O)N[C@@H](CC(=O)O)C(=O)N[C@@H](CC(C)C)C(=O)N[C@@H](CC(C)C)C(=O)O1. The lowest BCUT2D eigenvalue weighted by molar-refractivity contribution is -0.155. The van der Waals surface area contributed by atoms with E-state index in [0.29, 0.717) is 6.42 Å². The van der Waals surface area contributed by atoms with Gasteiger partial charge in [0.15, 0.2) is 0 Å². The molecule has 0 saturated carbocycles. The van der Waals surface area contributed by atoms with Gasteiger partial charge in [0, 0.05) is 6.42 Å². The van der Waals surface area contributed by atoms with Crippen LogP contribution in [0.15, 0.2) is 0 Å². The van der Waals surface area contributed by atoms with Crippen molar-refractivity contribution < 1.29 is 62.9 Å². The Morgan fingerprint density at radius 3 is 1.29 bits per heavy atom. The molecule has 0 radical (unpaired) electrons. The topological polar surface area (TPSA) is 305 Å². The van der Waals surface area contributed by atoms with Gasteiger partial charge in [-0.3, -0.25) is 43.2 Å². The van der Waals surface area contributed by atoms with Crippen molar-refractivity contribution in [3.05, 3.63) is 0 Å². The highest BCUT2D eigenvalue weighted by Gasteiger charge is 2.37. The monoisotopic (exact) mass is 1020 g/mol. The zero-order valence-corrected chi connectivity index (χ0v) is 45.1. The average Bonchev–Trinajstić information content (AvgIpc) is 3.26. The highest BCUT2D eigenvalue weighted by molar-refractivity contribution is 5.98. The van der Waals surface area contributed by atoms with Crippen molar-refractivity contribution in [3.63, 3.8) is 0 Å². The minimum Gasteiger partial charge on any atom is -0.481 e. The molecule has 0 aromatic heterocycles. The largest absolute Gasteiger partial charge is 0.481 e. The molecule has 1 saturated heterocycles. The van der Waals surface area contributed by atoms with Gasteiger partial charge in [0.25, 0.3) is 0 Å². The van der Waals surface area contributed by atoms with Crippen LogP contribution in [-0.4, -0.2) is 118 Å². The lowest BCUT2D eigenvalue weighted by Crippen LogP contribution is -2.61. The lowest BCUT2D eigenvalue weighted by atomic mass is 9.98. The highest BCUT2D eigenvalue weighted by Crippen LogP contribution is 2.19. The first-order valence-corrected chi connectivity index (χ1v) is 26.5. The Bertz CT molecular complexity index is 1770. The van der Waals surface area contributed by atoms with Crippen LogP contribution in [0.4, 0.5) is 0 Å². The molecule has 0 spiro atoms. The first kappa shape index (κ1) is 64.7. The quantitative estimate of drug-likeness (QED) is 0.0465. The number of unbranched alkanes of at least 4 members (excludes halogenated alkanes) is 8. The second-order valence-corrected chi connectivity index (χ2v) is 21.6. The molecular formula is C52H91N7O13. The Balaban J connectivity index is 3.97. The Morgan fingerprint density at radius 1 is 0.472 bits per heavy atom. The van der Waals surface area contributed by atoms with Crippen LogP contribution in [0.3, 0.4) is 0 Å². The van der Waals surface area contributed by atoms with Gasteiger partial charge >= 0.3 is 17.9 Å². The summed E-state index contributed by atoms with van der Waals surface area (Å²) in [5.74, 6) is -10.8.